The monoisotopic (exact) mass is 537 g/mol. The lowest BCUT2D eigenvalue weighted by molar-refractivity contribution is -0.144. The summed E-state index contributed by atoms with van der Waals surface area (Å²) in [6.07, 6.45) is 3.72. The van der Waals surface area contributed by atoms with Crippen LogP contribution in [0.3, 0.4) is 0 Å². The molecule has 0 saturated heterocycles. The summed E-state index contributed by atoms with van der Waals surface area (Å²) >= 11 is 12.3. The fourth-order valence-electron chi connectivity index (χ4n) is 4.15. The van der Waals surface area contributed by atoms with Gasteiger partial charge in [0.05, 0.1) is 23.9 Å². The molecular weight excluding hydrogens is 513 g/mol. The summed E-state index contributed by atoms with van der Waals surface area (Å²) in [5.41, 5.74) is 1.62. The first-order chi connectivity index (χ1) is 16.7. The molecule has 0 aliphatic heterocycles. The fraction of sp³-hybridized carbons (Fsp3) is 0.333. The Hall–Kier alpha value is -2.59. The van der Waals surface area contributed by atoms with Crippen LogP contribution >= 0.6 is 23.2 Å². The van der Waals surface area contributed by atoms with Gasteiger partial charge in [0.25, 0.3) is 0 Å². The predicted octanol–water partition coefficient (Wildman–Crippen LogP) is 5.24. The number of ether oxygens (including phenoxy) is 2. The number of rotatable bonds is 8. The minimum absolute atomic E-state index is 0.00668. The molecule has 1 aliphatic carbocycles. The fourth-order valence-corrected chi connectivity index (χ4v) is 6.15. The number of sulfonamides is 1. The van der Waals surface area contributed by atoms with E-state index in [0.717, 1.165) is 17.7 Å². The summed E-state index contributed by atoms with van der Waals surface area (Å²) in [5, 5.41) is 4.96. The third kappa shape index (κ3) is 5.48. The van der Waals surface area contributed by atoms with Gasteiger partial charge in [-0.15, -0.1) is 0 Å². The van der Waals surface area contributed by atoms with Gasteiger partial charge in [0.1, 0.15) is 22.9 Å². The molecule has 0 saturated carbocycles. The minimum atomic E-state index is -3.93. The molecular formula is C24H25Cl2N3O5S. The molecule has 1 aromatic heterocycles. The standard InChI is InChI=1S/C24H25Cl2N3O5S/c1-3-33-24(30)15-29-22-6-4-5-21(19(22)14-27-29)28(2)35(31,32)23-12-11-18(13-20(23)26)34-17-9-7-16(25)8-10-17/h7-14,21H,3-6,15H2,1-2H3. The maximum atomic E-state index is 13.5. The zero-order valence-corrected chi connectivity index (χ0v) is 21.6. The van der Waals surface area contributed by atoms with Crippen molar-refractivity contribution >= 4 is 39.2 Å². The zero-order valence-electron chi connectivity index (χ0n) is 19.3. The molecule has 8 nitrogen and oxygen atoms in total. The highest BCUT2D eigenvalue weighted by atomic mass is 35.5. The number of hydrogen-bond acceptors (Lipinski definition) is 6. The van der Waals surface area contributed by atoms with Crippen LogP contribution in [0.5, 0.6) is 11.5 Å². The Morgan fingerprint density at radius 2 is 1.89 bits per heavy atom. The Morgan fingerprint density at radius 3 is 2.57 bits per heavy atom. The highest BCUT2D eigenvalue weighted by molar-refractivity contribution is 7.89. The molecule has 4 rings (SSSR count). The number of esters is 1. The predicted molar refractivity (Wildman–Crippen MR) is 132 cm³/mol. The normalized spacial score (nSPS) is 15.6. The maximum absolute atomic E-state index is 13.5. The van der Waals surface area contributed by atoms with Crippen LogP contribution in [0.2, 0.25) is 10.0 Å². The van der Waals surface area contributed by atoms with E-state index in [1.807, 2.05) is 0 Å². The highest BCUT2D eigenvalue weighted by Gasteiger charge is 2.35. The second-order valence-corrected chi connectivity index (χ2v) is 10.9. The van der Waals surface area contributed by atoms with E-state index >= 15 is 0 Å². The topological polar surface area (TPSA) is 90.7 Å². The number of carbonyl (C=O) groups excluding carboxylic acids is 1. The van der Waals surface area contributed by atoms with Crippen LogP contribution < -0.4 is 4.74 Å². The summed E-state index contributed by atoms with van der Waals surface area (Å²) in [6.45, 7) is 2.03. The van der Waals surface area contributed by atoms with E-state index in [1.54, 1.807) is 48.1 Å². The summed E-state index contributed by atoms with van der Waals surface area (Å²) in [7, 11) is -2.40. The Bertz CT molecular complexity index is 1330. The molecule has 1 heterocycles. The van der Waals surface area contributed by atoms with Crippen molar-refractivity contribution in [1.82, 2.24) is 14.1 Å². The molecule has 1 atom stereocenters. The highest BCUT2D eigenvalue weighted by Crippen LogP contribution is 2.38. The van der Waals surface area contributed by atoms with E-state index in [1.165, 1.54) is 23.5 Å². The van der Waals surface area contributed by atoms with Crippen LogP contribution in [0.25, 0.3) is 0 Å². The zero-order chi connectivity index (χ0) is 25.2. The van der Waals surface area contributed by atoms with Crippen molar-refractivity contribution in [2.45, 2.75) is 43.7 Å². The summed E-state index contributed by atoms with van der Waals surface area (Å²) in [5.74, 6) is 0.570. The Labute approximate surface area is 214 Å². The third-order valence-corrected chi connectivity index (χ3v) is 8.47. The van der Waals surface area contributed by atoms with E-state index < -0.39 is 16.1 Å². The quantitative estimate of drug-likeness (QED) is 0.364. The molecule has 0 spiro atoms. The van der Waals surface area contributed by atoms with E-state index in [-0.39, 0.29) is 29.0 Å². The van der Waals surface area contributed by atoms with Crippen LogP contribution in [-0.4, -0.2) is 42.1 Å². The van der Waals surface area contributed by atoms with Crippen LogP contribution in [0.15, 0.2) is 53.6 Å². The molecule has 35 heavy (non-hydrogen) atoms. The number of nitrogens with zero attached hydrogens (tertiary/aromatic N) is 3. The minimum Gasteiger partial charge on any atom is -0.465 e. The lowest BCUT2D eigenvalue weighted by Crippen LogP contribution is -2.33. The van der Waals surface area contributed by atoms with Crippen molar-refractivity contribution in [1.29, 1.82) is 0 Å². The average molecular weight is 538 g/mol. The van der Waals surface area contributed by atoms with Crippen molar-refractivity contribution in [2.75, 3.05) is 13.7 Å². The van der Waals surface area contributed by atoms with Crippen molar-refractivity contribution in [3.63, 3.8) is 0 Å². The average Bonchev–Trinajstić information content (AvgIpc) is 3.23. The number of halogens is 2. The lowest BCUT2D eigenvalue weighted by Gasteiger charge is -2.31. The van der Waals surface area contributed by atoms with Crippen molar-refractivity contribution in [3.8, 4) is 11.5 Å². The van der Waals surface area contributed by atoms with Crippen LogP contribution in [0, 0.1) is 0 Å². The van der Waals surface area contributed by atoms with Gasteiger partial charge in [-0.3, -0.25) is 9.48 Å². The third-order valence-electron chi connectivity index (χ3n) is 5.86. The van der Waals surface area contributed by atoms with Crippen LogP contribution in [0.4, 0.5) is 0 Å². The van der Waals surface area contributed by atoms with E-state index in [9.17, 15) is 13.2 Å². The largest absolute Gasteiger partial charge is 0.465 e. The molecule has 11 heteroatoms. The van der Waals surface area contributed by atoms with Gasteiger partial charge >= 0.3 is 5.97 Å². The maximum Gasteiger partial charge on any atom is 0.327 e. The number of fused-ring (bicyclic) bond motifs is 1. The number of benzene rings is 2. The summed E-state index contributed by atoms with van der Waals surface area (Å²) < 4.78 is 40.7. The van der Waals surface area contributed by atoms with Gasteiger partial charge in [-0.05, 0) is 62.6 Å². The molecule has 0 radical (unpaired) electrons. The van der Waals surface area contributed by atoms with Gasteiger partial charge in [-0.25, -0.2) is 8.42 Å². The second kappa shape index (κ2) is 10.6. The Morgan fingerprint density at radius 1 is 1.17 bits per heavy atom. The first kappa shape index (κ1) is 25.5. The smallest absolute Gasteiger partial charge is 0.327 e. The van der Waals surface area contributed by atoms with Crippen LogP contribution in [-0.2, 0) is 32.5 Å². The summed E-state index contributed by atoms with van der Waals surface area (Å²) in [6, 6.07) is 10.8. The van der Waals surface area contributed by atoms with Crippen molar-refractivity contribution in [3.05, 3.63) is 70.0 Å². The van der Waals surface area contributed by atoms with Gasteiger partial charge in [-0.2, -0.15) is 9.40 Å². The molecule has 0 bridgehead atoms. The summed E-state index contributed by atoms with van der Waals surface area (Å²) in [4.78, 5) is 11.9. The first-order valence-corrected chi connectivity index (χ1v) is 13.3. The first-order valence-electron chi connectivity index (χ1n) is 11.1. The molecule has 1 aliphatic rings. The molecule has 3 aromatic rings. The van der Waals surface area contributed by atoms with E-state index in [4.69, 9.17) is 32.7 Å². The van der Waals surface area contributed by atoms with Gasteiger partial charge in [0.2, 0.25) is 10.0 Å². The van der Waals surface area contributed by atoms with E-state index in [2.05, 4.69) is 5.10 Å². The molecule has 2 aromatic carbocycles. The SMILES string of the molecule is CCOC(=O)Cn1ncc2c1CCCC2N(C)S(=O)(=O)c1ccc(Oc2ccc(Cl)cc2)cc1Cl. The Balaban J connectivity index is 1.56. The molecule has 186 valence electrons. The van der Waals surface area contributed by atoms with Gasteiger partial charge in [-0.1, -0.05) is 23.2 Å². The van der Waals surface area contributed by atoms with Gasteiger partial charge < -0.3 is 9.47 Å². The molecule has 0 fully saturated rings. The van der Waals surface area contributed by atoms with Gasteiger partial charge in [0, 0.05) is 29.4 Å². The lowest BCUT2D eigenvalue weighted by atomic mass is 9.93. The number of carbonyl (C=O) groups is 1. The van der Waals surface area contributed by atoms with Gasteiger partial charge in [0.15, 0.2) is 0 Å². The molecule has 1 unspecified atom stereocenters. The number of hydrogen-bond donors (Lipinski definition) is 0. The van der Waals surface area contributed by atoms with Crippen molar-refractivity contribution in [2.24, 2.45) is 0 Å². The van der Waals surface area contributed by atoms with Crippen molar-refractivity contribution < 1.29 is 22.7 Å². The number of aromatic nitrogens is 2. The molecule has 0 N–H and O–H groups in total. The second-order valence-electron chi connectivity index (χ2n) is 8.09. The molecule has 0 amide bonds. The Kier molecular flexibility index (Phi) is 7.70. The van der Waals surface area contributed by atoms with Crippen LogP contribution in [0.1, 0.15) is 37.1 Å². The van der Waals surface area contributed by atoms with E-state index in [0.29, 0.717) is 29.4 Å².